The Bertz CT molecular complexity index is 264. The van der Waals surface area contributed by atoms with Crippen molar-refractivity contribution in [1.82, 2.24) is 0 Å². The molecule has 0 aromatic rings. The lowest BCUT2D eigenvalue weighted by molar-refractivity contribution is -0.216. The summed E-state index contributed by atoms with van der Waals surface area (Å²) < 4.78 is 11.8. The molecule has 0 amide bonds. The highest BCUT2D eigenvalue weighted by Gasteiger charge is 2.62. The first kappa shape index (κ1) is 10.1. The minimum absolute atomic E-state index is 0.196. The van der Waals surface area contributed by atoms with Crippen LogP contribution in [-0.2, 0) is 9.47 Å². The van der Waals surface area contributed by atoms with Crippen molar-refractivity contribution < 1.29 is 9.47 Å². The summed E-state index contributed by atoms with van der Waals surface area (Å²) in [4.78, 5) is 0. The van der Waals surface area contributed by atoms with Gasteiger partial charge in [0.05, 0.1) is 13.2 Å². The van der Waals surface area contributed by atoms with Crippen LogP contribution >= 0.6 is 0 Å². The molecule has 1 aliphatic heterocycles. The fraction of sp³-hybridized carbons (Fsp3) is 1.00. The Labute approximate surface area is 92.3 Å². The van der Waals surface area contributed by atoms with Crippen LogP contribution in [0.5, 0.6) is 0 Å². The van der Waals surface area contributed by atoms with Crippen LogP contribution in [0.15, 0.2) is 0 Å². The zero-order valence-corrected chi connectivity index (χ0v) is 9.97. The van der Waals surface area contributed by atoms with Gasteiger partial charge in [-0.25, -0.2) is 0 Å². The van der Waals surface area contributed by atoms with E-state index in [9.17, 15) is 0 Å². The Morgan fingerprint density at radius 1 is 1.00 bits per heavy atom. The minimum atomic E-state index is -0.196. The van der Waals surface area contributed by atoms with Crippen molar-refractivity contribution in [2.45, 2.75) is 58.2 Å². The third-order valence-corrected chi connectivity index (χ3v) is 5.37. The SMILES string of the molecule is CCC1(C)CC2(CCC13CC3)OCCO2. The lowest BCUT2D eigenvalue weighted by Crippen LogP contribution is -2.46. The molecule has 3 fully saturated rings. The minimum Gasteiger partial charge on any atom is -0.348 e. The Hall–Kier alpha value is -0.0800. The van der Waals surface area contributed by atoms with E-state index >= 15 is 0 Å². The summed E-state index contributed by atoms with van der Waals surface area (Å²) in [5.74, 6) is -0.196. The van der Waals surface area contributed by atoms with Crippen LogP contribution in [0, 0.1) is 10.8 Å². The van der Waals surface area contributed by atoms with Crippen molar-refractivity contribution in [3.63, 3.8) is 0 Å². The summed E-state index contributed by atoms with van der Waals surface area (Å²) in [7, 11) is 0. The van der Waals surface area contributed by atoms with E-state index in [1.807, 2.05) is 0 Å². The number of ether oxygens (including phenoxy) is 2. The third kappa shape index (κ3) is 1.31. The number of hydrogen-bond donors (Lipinski definition) is 0. The third-order valence-electron chi connectivity index (χ3n) is 5.37. The predicted octanol–water partition coefficient (Wildman–Crippen LogP) is 3.11. The van der Waals surface area contributed by atoms with Gasteiger partial charge in [-0.15, -0.1) is 0 Å². The molecule has 2 nitrogen and oxygen atoms in total. The van der Waals surface area contributed by atoms with E-state index in [0.717, 1.165) is 26.1 Å². The number of rotatable bonds is 1. The summed E-state index contributed by atoms with van der Waals surface area (Å²) in [6, 6.07) is 0. The molecule has 3 rings (SSSR count). The Kier molecular flexibility index (Phi) is 2.01. The lowest BCUT2D eigenvalue weighted by atomic mass is 9.61. The average molecular weight is 210 g/mol. The number of hydrogen-bond acceptors (Lipinski definition) is 2. The predicted molar refractivity (Wildman–Crippen MR) is 58.6 cm³/mol. The van der Waals surface area contributed by atoms with Crippen molar-refractivity contribution >= 4 is 0 Å². The molecular weight excluding hydrogens is 188 g/mol. The molecule has 0 N–H and O–H groups in total. The van der Waals surface area contributed by atoms with E-state index in [-0.39, 0.29) is 5.79 Å². The molecule has 2 heteroatoms. The van der Waals surface area contributed by atoms with Gasteiger partial charge in [-0.1, -0.05) is 13.8 Å². The molecule has 2 saturated carbocycles. The van der Waals surface area contributed by atoms with Crippen LogP contribution in [0.4, 0.5) is 0 Å². The van der Waals surface area contributed by atoms with E-state index < -0.39 is 0 Å². The molecular formula is C13H22O2. The van der Waals surface area contributed by atoms with E-state index in [2.05, 4.69) is 13.8 Å². The highest BCUT2D eigenvalue weighted by molar-refractivity contribution is 5.10. The molecule has 1 atom stereocenters. The van der Waals surface area contributed by atoms with E-state index in [1.54, 1.807) is 0 Å². The fourth-order valence-corrected chi connectivity index (χ4v) is 3.85. The van der Waals surface area contributed by atoms with Crippen molar-refractivity contribution in [2.24, 2.45) is 10.8 Å². The lowest BCUT2D eigenvalue weighted by Gasteiger charge is -2.49. The molecule has 1 heterocycles. The van der Waals surface area contributed by atoms with Gasteiger partial charge in [0, 0.05) is 12.8 Å². The van der Waals surface area contributed by atoms with Gasteiger partial charge >= 0.3 is 0 Å². The smallest absolute Gasteiger partial charge is 0.169 e. The van der Waals surface area contributed by atoms with Gasteiger partial charge in [0.15, 0.2) is 5.79 Å². The maximum absolute atomic E-state index is 5.88. The second-order valence-corrected chi connectivity index (χ2v) is 5.98. The van der Waals surface area contributed by atoms with Crippen LogP contribution < -0.4 is 0 Å². The highest BCUT2D eigenvalue weighted by atomic mass is 16.7. The normalized spacial score (nSPS) is 41.2. The van der Waals surface area contributed by atoms with E-state index in [4.69, 9.17) is 9.47 Å². The van der Waals surface area contributed by atoms with Gasteiger partial charge < -0.3 is 9.47 Å². The van der Waals surface area contributed by atoms with E-state index in [1.165, 1.54) is 25.7 Å². The van der Waals surface area contributed by atoms with Crippen LogP contribution in [0.3, 0.4) is 0 Å². The van der Waals surface area contributed by atoms with Gasteiger partial charge in [-0.3, -0.25) is 0 Å². The Morgan fingerprint density at radius 2 is 1.60 bits per heavy atom. The highest BCUT2D eigenvalue weighted by Crippen LogP contribution is 2.69. The zero-order valence-electron chi connectivity index (χ0n) is 9.97. The summed E-state index contributed by atoms with van der Waals surface area (Å²) in [6.45, 7) is 6.37. The Balaban J connectivity index is 1.84. The molecule has 2 aliphatic carbocycles. The largest absolute Gasteiger partial charge is 0.348 e. The molecule has 0 aromatic carbocycles. The first-order chi connectivity index (χ1) is 7.14. The standard InChI is InChI=1S/C13H22O2/c1-3-11(2)10-13(14-8-9-15-13)7-6-12(11)4-5-12/h3-10H2,1-2H3. The maximum atomic E-state index is 5.88. The molecule has 1 unspecified atom stereocenters. The second-order valence-electron chi connectivity index (χ2n) is 5.98. The molecule has 2 spiro atoms. The van der Waals surface area contributed by atoms with Crippen molar-refractivity contribution in [3.8, 4) is 0 Å². The Morgan fingerprint density at radius 3 is 2.13 bits per heavy atom. The molecule has 1 saturated heterocycles. The summed E-state index contributed by atoms with van der Waals surface area (Å²) in [5.41, 5.74) is 1.11. The molecule has 0 radical (unpaired) electrons. The molecule has 15 heavy (non-hydrogen) atoms. The van der Waals surface area contributed by atoms with Gasteiger partial charge in [0.25, 0.3) is 0 Å². The monoisotopic (exact) mass is 210 g/mol. The molecule has 86 valence electrons. The maximum Gasteiger partial charge on any atom is 0.169 e. The van der Waals surface area contributed by atoms with Crippen LogP contribution in [0.2, 0.25) is 0 Å². The summed E-state index contributed by atoms with van der Waals surface area (Å²) >= 11 is 0. The molecule has 0 aromatic heterocycles. The summed E-state index contributed by atoms with van der Waals surface area (Å²) in [6.07, 6.45) is 7.71. The first-order valence-corrected chi connectivity index (χ1v) is 6.42. The van der Waals surface area contributed by atoms with Crippen molar-refractivity contribution in [3.05, 3.63) is 0 Å². The zero-order chi connectivity index (χ0) is 10.6. The second kappa shape index (κ2) is 2.98. The topological polar surface area (TPSA) is 18.5 Å². The quantitative estimate of drug-likeness (QED) is 0.662. The summed E-state index contributed by atoms with van der Waals surface area (Å²) in [5, 5.41) is 0. The van der Waals surface area contributed by atoms with E-state index in [0.29, 0.717) is 10.8 Å². The van der Waals surface area contributed by atoms with Crippen LogP contribution in [-0.4, -0.2) is 19.0 Å². The van der Waals surface area contributed by atoms with Gasteiger partial charge in [-0.2, -0.15) is 0 Å². The molecule has 3 aliphatic rings. The molecule has 0 bridgehead atoms. The van der Waals surface area contributed by atoms with Gasteiger partial charge in [0.1, 0.15) is 0 Å². The van der Waals surface area contributed by atoms with Gasteiger partial charge in [-0.05, 0) is 36.5 Å². The van der Waals surface area contributed by atoms with Crippen LogP contribution in [0.1, 0.15) is 52.4 Å². The van der Waals surface area contributed by atoms with Gasteiger partial charge in [0.2, 0.25) is 0 Å². The average Bonchev–Trinajstić information content (AvgIpc) is 2.91. The van der Waals surface area contributed by atoms with Crippen molar-refractivity contribution in [1.29, 1.82) is 0 Å². The van der Waals surface area contributed by atoms with Crippen LogP contribution in [0.25, 0.3) is 0 Å². The fourth-order valence-electron chi connectivity index (χ4n) is 3.85. The first-order valence-electron chi connectivity index (χ1n) is 6.42. The van der Waals surface area contributed by atoms with Crippen molar-refractivity contribution in [2.75, 3.05) is 13.2 Å².